The van der Waals surface area contributed by atoms with Gasteiger partial charge in [0, 0.05) is 30.2 Å². The van der Waals surface area contributed by atoms with Crippen molar-refractivity contribution in [1.82, 2.24) is 9.88 Å². The summed E-state index contributed by atoms with van der Waals surface area (Å²) in [5.74, 6) is -3.07. The summed E-state index contributed by atoms with van der Waals surface area (Å²) in [5, 5.41) is 12.4. The third-order valence-corrected chi connectivity index (χ3v) is 3.41. The highest BCUT2D eigenvalue weighted by molar-refractivity contribution is 5.85. The van der Waals surface area contributed by atoms with Crippen LogP contribution in [0.15, 0.2) is 24.3 Å². The van der Waals surface area contributed by atoms with Crippen LogP contribution >= 0.6 is 0 Å². The maximum atomic E-state index is 12.9. The van der Waals surface area contributed by atoms with E-state index in [1.807, 2.05) is 42.8 Å². The quantitative estimate of drug-likeness (QED) is 0.872. The number of nitrogens with one attached hydrogen (secondary N) is 1. The summed E-state index contributed by atoms with van der Waals surface area (Å²) < 4.78 is 27.9. The smallest absolute Gasteiger partial charge is 0.282 e. The van der Waals surface area contributed by atoms with Gasteiger partial charge in [-0.25, -0.2) is 8.78 Å². The van der Waals surface area contributed by atoms with Crippen LogP contribution in [0.1, 0.15) is 11.3 Å². The van der Waals surface area contributed by atoms with Gasteiger partial charge in [-0.05, 0) is 18.6 Å². The lowest BCUT2D eigenvalue weighted by Crippen LogP contribution is -2.35. The van der Waals surface area contributed by atoms with Gasteiger partial charge in [-0.3, -0.25) is 0 Å². The number of hydrogen-bond acceptors (Lipinski definition) is 2. The number of nitrogens with zero attached hydrogens (tertiary/aromatic N) is 1. The minimum absolute atomic E-state index is 0.354. The minimum atomic E-state index is -3.07. The zero-order valence-electron chi connectivity index (χ0n) is 11.1. The Bertz CT molecular complexity index is 539. The van der Waals surface area contributed by atoms with E-state index in [2.05, 4.69) is 5.32 Å². The number of aliphatic hydroxyl groups is 1. The number of aliphatic hydroxyl groups excluding tert-OH is 1. The largest absolute Gasteiger partial charge is 0.390 e. The van der Waals surface area contributed by atoms with Gasteiger partial charge in [0.2, 0.25) is 0 Å². The molecule has 19 heavy (non-hydrogen) atoms. The molecule has 0 fully saturated rings. The second-order valence-corrected chi connectivity index (χ2v) is 4.77. The van der Waals surface area contributed by atoms with Crippen LogP contribution in [0.3, 0.4) is 0 Å². The molecule has 1 heterocycles. The van der Waals surface area contributed by atoms with Crippen molar-refractivity contribution in [1.29, 1.82) is 0 Å². The Hall–Kier alpha value is -1.46. The summed E-state index contributed by atoms with van der Waals surface area (Å²) in [6.07, 6.45) is 0. The molecule has 1 aromatic carbocycles. The van der Waals surface area contributed by atoms with Gasteiger partial charge < -0.3 is 15.0 Å². The Morgan fingerprint density at radius 1 is 1.32 bits per heavy atom. The number of alkyl halides is 2. The third-order valence-electron chi connectivity index (χ3n) is 3.41. The van der Waals surface area contributed by atoms with Crippen LogP contribution in [0.5, 0.6) is 0 Å². The summed E-state index contributed by atoms with van der Waals surface area (Å²) in [6.45, 7) is 0.689. The van der Waals surface area contributed by atoms with Crippen LogP contribution in [0, 0.1) is 6.92 Å². The second kappa shape index (κ2) is 5.27. The highest BCUT2D eigenvalue weighted by Crippen LogP contribution is 2.24. The molecule has 0 aliphatic heterocycles. The van der Waals surface area contributed by atoms with Gasteiger partial charge in [0.05, 0.1) is 6.54 Å². The molecule has 2 rings (SSSR count). The maximum absolute atomic E-state index is 12.9. The first-order chi connectivity index (χ1) is 8.96. The molecule has 0 bridgehead atoms. The number of aromatic nitrogens is 1. The van der Waals surface area contributed by atoms with E-state index in [1.165, 1.54) is 0 Å². The number of benzene rings is 1. The van der Waals surface area contributed by atoms with Crippen molar-refractivity contribution in [2.24, 2.45) is 7.05 Å². The molecule has 0 spiro atoms. The van der Waals surface area contributed by atoms with E-state index in [-0.39, 0.29) is 0 Å². The van der Waals surface area contributed by atoms with Crippen LogP contribution in [0.4, 0.5) is 8.78 Å². The molecule has 5 heteroatoms. The molecule has 2 N–H and O–H groups in total. The summed E-state index contributed by atoms with van der Waals surface area (Å²) in [6, 6.07) is 7.95. The van der Waals surface area contributed by atoms with Gasteiger partial charge in [-0.2, -0.15) is 0 Å². The van der Waals surface area contributed by atoms with Crippen molar-refractivity contribution in [3.05, 3.63) is 35.5 Å². The van der Waals surface area contributed by atoms with Gasteiger partial charge in [0.15, 0.2) is 0 Å². The lowest BCUT2D eigenvalue weighted by molar-refractivity contribution is -0.0478. The molecule has 0 atom stereocenters. The maximum Gasteiger partial charge on any atom is 0.282 e. The predicted octanol–water partition coefficient (Wildman–Crippen LogP) is 2.20. The van der Waals surface area contributed by atoms with Crippen molar-refractivity contribution < 1.29 is 13.9 Å². The number of fused-ring (bicyclic) bond motifs is 1. The first-order valence-corrected chi connectivity index (χ1v) is 6.18. The van der Waals surface area contributed by atoms with Crippen LogP contribution < -0.4 is 5.32 Å². The standard InChI is InChI=1S/C14H18F2N2O/c1-10-11-5-3-4-6-12(11)18(2)13(10)7-17-8-14(15,16)9-19/h3-6,17,19H,7-9H2,1-2H3. The highest BCUT2D eigenvalue weighted by Gasteiger charge is 2.27. The minimum Gasteiger partial charge on any atom is -0.390 e. The van der Waals surface area contributed by atoms with Crippen LogP contribution in [-0.2, 0) is 13.6 Å². The molecule has 0 amide bonds. The summed E-state index contributed by atoms with van der Waals surface area (Å²) in [4.78, 5) is 0. The molecule has 0 unspecified atom stereocenters. The van der Waals surface area contributed by atoms with E-state index in [9.17, 15) is 8.78 Å². The van der Waals surface area contributed by atoms with Gasteiger partial charge in [-0.1, -0.05) is 18.2 Å². The monoisotopic (exact) mass is 268 g/mol. The van der Waals surface area contributed by atoms with Gasteiger partial charge in [-0.15, -0.1) is 0 Å². The molecule has 0 saturated heterocycles. The Labute approximate surface area is 110 Å². The van der Waals surface area contributed by atoms with Gasteiger partial charge in [0.1, 0.15) is 6.61 Å². The van der Waals surface area contributed by atoms with Crippen molar-refractivity contribution in [3.8, 4) is 0 Å². The Balaban J connectivity index is 2.17. The van der Waals surface area contributed by atoms with E-state index in [0.29, 0.717) is 6.54 Å². The van der Waals surface area contributed by atoms with Crippen molar-refractivity contribution >= 4 is 10.9 Å². The van der Waals surface area contributed by atoms with E-state index < -0.39 is 19.1 Å². The Morgan fingerprint density at radius 2 is 2.00 bits per heavy atom. The molecule has 0 saturated carbocycles. The summed E-state index contributed by atoms with van der Waals surface area (Å²) in [7, 11) is 1.93. The number of para-hydroxylation sites is 1. The lowest BCUT2D eigenvalue weighted by atomic mass is 10.1. The molecule has 3 nitrogen and oxygen atoms in total. The molecular weight excluding hydrogens is 250 g/mol. The zero-order chi connectivity index (χ0) is 14.0. The van der Waals surface area contributed by atoms with E-state index >= 15 is 0 Å². The zero-order valence-corrected chi connectivity index (χ0v) is 11.1. The SMILES string of the molecule is Cc1c(CNCC(F)(F)CO)n(C)c2ccccc12. The first-order valence-electron chi connectivity index (χ1n) is 6.18. The van der Waals surface area contributed by atoms with Crippen molar-refractivity contribution in [2.75, 3.05) is 13.2 Å². The molecule has 1 aromatic heterocycles. The summed E-state index contributed by atoms with van der Waals surface area (Å²) >= 11 is 0. The van der Waals surface area contributed by atoms with E-state index in [1.54, 1.807) is 0 Å². The van der Waals surface area contributed by atoms with Crippen LogP contribution in [0.2, 0.25) is 0 Å². The lowest BCUT2D eigenvalue weighted by Gasteiger charge is -2.14. The normalized spacial score (nSPS) is 12.3. The molecular formula is C14H18F2N2O. The third kappa shape index (κ3) is 2.77. The van der Waals surface area contributed by atoms with Crippen molar-refractivity contribution in [2.45, 2.75) is 19.4 Å². The molecule has 0 aliphatic rings. The van der Waals surface area contributed by atoms with Crippen LogP contribution in [-0.4, -0.2) is 28.7 Å². The number of hydrogen-bond donors (Lipinski definition) is 2. The number of aryl methyl sites for hydroxylation is 2. The van der Waals surface area contributed by atoms with Crippen LogP contribution in [0.25, 0.3) is 10.9 Å². The fourth-order valence-electron chi connectivity index (χ4n) is 2.31. The fourth-order valence-corrected chi connectivity index (χ4v) is 2.31. The van der Waals surface area contributed by atoms with Gasteiger partial charge in [0.25, 0.3) is 5.92 Å². The molecule has 0 aliphatic carbocycles. The fraction of sp³-hybridized carbons (Fsp3) is 0.429. The topological polar surface area (TPSA) is 37.2 Å². The van der Waals surface area contributed by atoms with Crippen molar-refractivity contribution in [3.63, 3.8) is 0 Å². The number of rotatable bonds is 5. The average molecular weight is 268 g/mol. The molecule has 104 valence electrons. The number of halogens is 2. The molecule has 0 radical (unpaired) electrons. The Kier molecular flexibility index (Phi) is 3.87. The Morgan fingerprint density at radius 3 is 2.63 bits per heavy atom. The average Bonchev–Trinajstić information content (AvgIpc) is 2.64. The van der Waals surface area contributed by atoms with E-state index in [4.69, 9.17) is 5.11 Å². The van der Waals surface area contributed by atoms with E-state index in [0.717, 1.165) is 22.2 Å². The van der Waals surface area contributed by atoms with Gasteiger partial charge >= 0.3 is 0 Å². The summed E-state index contributed by atoms with van der Waals surface area (Å²) in [5.41, 5.74) is 3.17. The molecule has 2 aromatic rings. The predicted molar refractivity (Wildman–Crippen MR) is 71.4 cm³/mol. The highest BCUT2D eigenvalue weighted by atomic mass is 19.3. The second-order valence-electron chi connectivity index (χ2n) is 4.77. The first kappa shape index (κ1) is 14.0.